The lowest BCUT2D eigenvalue weighted by molar-refractivity contribution is -0.132. The summed E-state index contributed by atoms with van der Waals surface area (Å²) in [6.45, 7) is 10.8. The number of aryl methyl sites for hydroxylation is 2. The molecule has 3 aliphatic rings. The van der Waals surface area contributed by atoms with Gasteiger partial charge in [-0.2, -0.15) is 4.99 Å². The van der Waals surface area contributed by atoms with Crippen molar-refractivity contribution in [3.05, 3.63) is 100 Å². The second-order valence-electron chi connectivity index (χ2n) is 13.3. The van der Waals surface area contributed by atoms with Crippen molar-refractivity contribution in [2.24, 2.45) is 4.99 Å². The van der Waals surface area contributed by atoms with Gasteiger partial charge in [-0.3, -0.25) is 9.59 Å². The number of carbonyl (C=O) groups excluding carboxylic acids is 3. The van der Waals surface area contributed by atoms with Crippen molar-refractivity contribution in [1.82, 2.24) is 4.90 Å². The minimum absolute atomic E-state index is 0.0811. The lowest BCUT2D eigenvalue weighted by atomic mass is 9.77. The number of anilines is 1. The van der Waals surface area contributed by atoms with Crippen LogP contribution in [0.15, 0.2) is 82.2 Å². The maximum absolute atomic E-state index is 13.6. The summed E-state index contributed by atoms with van der Waals surface area (Å²) < 4.78 is 17.4. The summed E-state index contributed by atoms with van der Waals surface area (Å²) in [5.74, 6) is -0.945. The van der Waals surface area contributed by atoms with Crippen molar-refractivity contribution < 1.29 is 38.2 Å². The van der Waals surface area contributed by atoms with Gasteiger partial charge in [0.05, 0.1) is 24.1 Å². The minimum atomic E-state index is -1.08. The number of morpholine rings is 1. The SMILES string of the molecule is CC(=O)Oc1c(C)ccc(C)c1C(C)(C)CC(=O)Nc1ccc2c(-c3ccccc3C(=O)O)c3cc/c(=N\C(=O)N4CCOCC4)cc-3oc2c1. The molecule has 0 aromatic heterocycles. The first kappa shape index (κ1) is 35.0. The Morgan fingerprint density at radius 2 is 1.65 bits per heavy atom. The molecule has 3 aromatic rings. The Kier molecular flexibility index (Phi) is 9.75. The molecular formula is C40H39N3O8. The summed E-state index contributed by atoms with van der Waals surface area (Å²) in [5, 5.41) is 14.1. The van der Waals surface area contributed by atoms with E-state index in [0.717, 1.165) is 16.7 Å². The van der Waals surface area contributed by atoms with E-state index in [9.17, 15) is 24.3 Å². The Balaban J connectivity index is 1.40. The fourth-order valence-electron chi connectivity index (χ4n) is 6.74. The van der Waals surface area contributed by atoms with E-state index >= 15 is 0 Å². The zero-order valence-electron chi connectivity index (χ0n) is 29.2. The second-order valence-corrected chi connectivity index (χ2v) is 13.3. The van der Waals surface area contributed by atoms with E-state index in [2.05, 4.69) is 10.3 Å². The van der Waals surface area contributed by atoms with Crippen LogP contribution >= 0.6 is 0 Å². The van der Waals surface area contributed by atoms with Crippen LogP contribution in [0.25, 0.3) is 33.4 Å². The summed E-state index contributed by atoms with van der Waals surface area (Å²) in [6, 6.07) is 20.5. The van der Waals surface area contributed by atoms with Gasteiger partial charge in [0.25, 0.3) is 0 Å². The van der Waals surface area contributed by atoms with Gasteiger partial charge in [-0.25, -0.2) is 9.59 Å². The van der Waals surface area contributed by atoms with Crippen LogP contribution in [0.3, 0.4) is 0 Å². The number of nitrogens with one attached hydrogen (secondary N) is 1. The number of esters is 1. The molecule has 1 saturated heterocycles. The Hall–Kier alpha value is -5.81. The highest BCUT2D eigenvalue weighted by atomic mass is 16.5. The second kappa shape index (κ2) is 14.2. The Bertz CT molecular complexity index is 2230. The van der Waals surface area contributed by atoms with E-state index in [1.54, 1.807) is 65.6 Å². The molecule has 2 N–H and O–H groups in total. The monoisotopic (exact) mass is 689 g/mol. The van der Waals surface area contributed by atoms with Crippen molar-refractivity contribution in [2.75, 3.05) is 31.6 Å². The largest absolute Gasteiger partial charge is 0.478 e. The predicted octanol–water partition coefficient (Wildman–Crippen LogP) is 7.10. The van der Waals surface area contributed by atoms with Gasteiger partial charge in [0, 0.05) is 71.7 Å². The van der Waals surface area contributed by atoms with Crippen LogP contribution in [-0.4, -0.2) is 60.2 Å². The number of hydrogen-bond donors (Lipinski definition) is 2. The van der Waals surface area contributed by atoms with Crippen LogP contribution in [0.5, 0.6) is 5.75 Å². The molecule has 1 fully saturated rings. The van der Waals surface area contributed by atoms with E-state index in [1.165, 1.54) is 6.92 Å². The van der Waals surface area contributed by atoms with Gasteiger partial charge < -0.3 is 29.2 Å². The number of hydrogen-bond acceptors (Lipinski definition) is 7. The van der Waals surface area contributed by atoms with Crippen LogP contribution in [0.2, 0.25) is 0 Å². The van der Waals surface area contributed by atoms with Crippen LogP contribution in [0.1, 0.15) is 54.2 Å². The van der Waals surface area contributed by atoms with Crippen LogP contribution in [0, 0.1) is 13.8 Å². The molecule has 0 bridgehead atoms. The third kappa shape index (κ3) is 7.39. The zero-order chi connectivity index (χ0) is 36.4. The maximum Gasteiger partial charge on any atom is 0.344 e. The Morgan fingerprint density at radius 3 is 2.37 bits per heavy atom. The van der Waals surface area contributed by atoms with Gasteiger partial charge in [-0.05, 0) is 60.9 Å². The standard InChI is InChI=1S/C40H39N3O8/c1-23-10-11-24(2)37(50-25(3)44)36(23)40(4,5)22-34(45)41-26-12-14-30-32(20-26)51-33-21-27(42-39(48)43-16-18-49-19-17-43)13-15-31(33)35(30)28-8-6-7-9-29(28)38(46)47/h6-15,20-21H,16-19,22H2,1-5H3,(H,41,45)(H,46,47)/b42-27+. The summed E-state index contributed by atoms with van der Waals surface area (Å²) >= 11 is 0. The van der Waals surface area contributed by atoms with Gasteiger partial charge in [-0.15, -0.1) is 0 Å². The number of benzene rings is 4. The Morgan fingerprint density at radius 1 is 0.922 bits per heavy atom. The molecule has 3 aromatic carbocycles. The van der Waals surface area contributed by atoms with Crippen LogP contribution in [0.4, 0.5) is 10.5 Å². The molecule has 51 heavy (non-hydrogen) atoms. The summed E-state index contributed by atoms with van der Waals surface area (Å²) in [6.07, 6.45) is 0.0811. The number of aromatic carboxylic acids is 1. The molecule has 1 aliphatic carbocycles. The highest BCUT2D eigenvalue weighted by molar-refractivity contribution is 6.08. The van der Waals surface area contributed by atoms with E-state index < -0.39 is 17.4 Å². The summed E-state index contributed by atoms with van der Waals surface area (Å²) in [4.78, 5) is 56.7. The molecular weight excluding hydrogens is 650 g/mol. The summed E-state index contributed by atoms with van der Waals surface area (Å²) in [5.41, 5.74) is 4.49. The first-order valence-corrected chi connectivity index (χ1v) is 16.7. The first-order valence-electron chi connectivity index (χ1n) is 16.7. The number of urea groups is 1. The third-order valence-corrected chi connectivity index (χ3v) is 9.01. The van der Waals surface area contributed by atoms with Gasteiger partial charge in [0.15, 0.2) is 0 Å². The van der Waals surface area contributed by atoms with Crippen molar-refractivity contribution >= 4 is 40.5 Å². The molecule has 11 heteroatoms. The summed E-state index contributed by atoms with van der Waals surface area (Å²) in [7, 11) is 0. The number of fused-ring (bicyclic) bond motifs is 2. The van der Waals surface area contributed by atoms with Crippen molar-refractivity contribution in [2.45, 2.75) is 46.5 Å². The zero-order valence-corrected chi connectivity index (χ0v) is 29.2. The number of nitrogens with zero attached hydrogens (tertiary/aromatic N) is 2. The van der Waals surface area contributed by atoms with Crippen molar-refractivity contribution in [3.63, 3.8) is 0 Å². The lowest BCUT2D eigenvalue weighted by Gasteiger charge is -2.29. The molecule has 0 atom stereocenters. The minimum Gasteiger partial charge on any atom is -0.478 e. The van der Waals surface area contributed by atoms with E-state index in [1.807, 2.05) is 39.8 Å². The van der Waals surface area contributed by atoms with Crippen LogP contribution in [-0.2, 0) is 19.7 Å². The van der Waals surface area contributed by atoms with Gasteiger partial charge in [0.1, 0.15) is 17.1 Å². The fraction of sp³-hybridized carbons (Fsp3) is 0.275. The number of ether oxygens (including phenoxy) is 2. The molecule has 0 spiro atoms. The smallest absolute Gasteiger partial charge is 0.344 e. The molecule has 3 amide bonds. The molecule has 2 aliphatic heterocycles. The average Bonchev–Trinajstić information content (AvgIpc) is 3.08. The lowest BCUT2D eigenvalue weighted by Crippen LogP contribution is -2.39. The van der Waals surface area contributed by atoms with Crippen molar-refractivity contribution in [3.8, 4) is 28.2 Å². The Labute approximate surface area is 294 Å². The highest BCUT2D eigenvalue weighted by Gasteiger charge is 2.31. The number of amides is 3. The molecule has 0 unspecified atom stereocenters. The molecule has 0 saturated carbocycles. The van der Waals surface area contributed by atoms with Gasteiger partial charge in [-0.1, -0.05) is 44.2 Å². The van der Waals surface area contributed by atoms with Gasteiger partial charge >= 0.3 is 18.0 Å². The molecule has 2 heterocycles. The molecule has 6 rings (SSSR count). The fourth-order valence-corrected chi connectivity index (χ4v) is 6.74. The van der Waals surface area contributed by atoms with E-state index in [0.29, 0.717) is 76.5 Å². The van der Waals surface area contributed by atoms with Crippen LogP contribution < -0.4 is 15.4 Å². The number of carboxylic acids is 1. The highest BCUT2D eigenvalue weighted by Crippen LogP contribution is 2.42. The molecule has 0 radical (unpaired) electrons. The van der Waals surface area contributed by atoms with E-state index in [-0.39, 0.29) is 23.9 Å². The molecule has 262 valence electrons. The normalized spacial score (nSPS) is 13.7. The van der Waals surface area contributed by atoms with Gasteiger partial charge in [0.2, 0.25) is 5.91 Å². The number of carboxylic acid groups (broad SMARTS) is 1. The first-order chi connectivity index (χ1) is 24.3. The predicted molar refractivity (Wildman–Crippen MR) is 192 cm³/mol. The number of rotatable bonds is 7. The molecule has 11 nitrogen and oxygen atoms in total. The van der Waals surface area contributed by atoms with E-state index in [4.69, 9.17) is 13.9 Å². The average molecular weight is 690 g/mol. The number of carbonyl (C=O) groups is 4. The third-order valence-electron chi connectivity index (χ3n) is 9.01. The quantitative estimate of drug-likeness (QED) is 0.104. The van der Waals surface area contributed by atoms with Crippen molar-refractivity contribution in [1.29, 1.82) is 0 Å². The maximum atomic E-state index is 13.6. The topological polar surface area (TPSA) is 148 Å².